The predicted molar refractivity (Wildman–Crippen MR) is 125 cm³/mol. The van der Waals surface area contributed by atoms with Crippen molar-refractivity contribution in [2.45, 2.75) is 33.2 Å². The molecule has 1 N–H and O–H groups in total. The van der Waals surface area contributed by atoms with Crippen molar-refractivity contribution in [3.8, 4) is 0 Å². The number of aromatic nitrogens is 1. The average Bonchev–Trinajstić information content (AvgIpc) is 2.73. The van der Waals surface area contributed by atoms with E-state index in [2.05, 4.69) is 10.2 Å². The molecule has 2 heterocycles. The molecule has 1 amide bonds. The molecule has 160 valence electrons. The van der Waals surface area contributed by atoms with Crippen LogP contribution in [-0.4, -0.2) is 34.7 Å². The number of halogens is 1. The van der Waals surface area contributed by atoms with Crippen LogP contribution in [0.5, 0.6) is 0 Å². The number of fused-ring (bicyclic) bond motifs is 1. The van der Waals surface area contributed by atoms with Gasteiger partial charge in [-0.1, -0.05) is 17.7 Å². The molecule has 6 heteroatoms. The van der Waals surface area contributed by atoms with E-state index in [1.165, 1.54) is 6.92 Å². The number of ketones is 1. The first-order chi connectivity index (χ1) is 14.9. The number of nitrogens with zero attached hydrogens (tertiary/aromatic N) is 2. The maximum absolute atomic E-state index is 13.1. The third kappa shape index (κ3) is 4.94. The Balaban J connectivity index is 1.48. The van der Waals surface area contributed by atoms with E-state index in [1.807, 2.05) is 49.4 Å². The van der Waals surface area contributed by atoms with Crippen LogP contribution in [0.4, 0.5) is 5.69 Å². The number of hydrogen-bond acceptors (Lipinski definition) is 4. The lowest BCUT2D eigenvalue weighted by molar-refractivity contribution is -0.114. The highest BCUT2D eigenvalue weighted by atomic mass is 35.5. The predicted octanol–water partition coefficient (Wildman–Crippen LogP) is 5.25. The Kier molecular flexibility index (Phi) is 6.35. The van der Waals surface area contributed by atoms with E-state index in [0.717, 1.165) is 59.3 Å². The van der Waals surface area contributed by atoms with Gasteiger partial charge in [-0.2, -0.15) is 0 Å². The molecule has 0 bridgehead atoms. The molecule has 0 aliphatic carbocycles. The Labute approximate surface area is 187 Å². The van der Waals surface area contributed by atoms with Gasteiger partial charge in [0.15, 0.2) is 5.78 Å². The first kappa shape index (κ1) is 21.5. The topological polar surface area (TPSA) is 62.3 Å². The molecule has 1 fully saturated rings. The quantitative estimate of drug-likeness (QED) is 0.556. The number of Topliss-reactive ketones (excluding diaryl/α,β-unsaturated/α-hetero) is 1. The number of piperidine rings is 1. The Bertz CT molecular complexity index is 1140. The van der Waals surface area contributed by atoms with Crippen molar-refractivity contribution >= 4 is 39.9 Å². The Hall–Kier alpha value is -2.76. The van der Waals surface area contributed by atoms with Crippen molar-refractivity contribution in [2.75, 3.05) is 18.4 Å². The minimum absolute atomic E-state index is 0.0135. The zero-order chi connectivity index (χ0) is 22.0. The Morgan fingerprint density at radius 3 is 2.81 bits per heavy atom. The second-order valence-electron chi connectivity index (χ2n) is 8.25. The highest BCUT2D eigenvalue weighted by molar-refractivity contribution is 6.30. The minimum Gasteiger partial charge on any atom is -0.326 e. The SMILES string of the molecule is CC(=O)Nc1cccc2nc(CN3CCCC(C(=O)c4ccc(Cl)cc4C)C3)ccc12. The zero-order valence-corrected chi connectivity index (χ0v) is 18.6. The van der Waals surface area contributed by atoms with Crippen LogP contribution >= 0.6 is 11.6 Å². The highest BCUT2D eigenvalue weighted by Gasteiger charge is 2.27. The lowest BCUT2D eigenvalue weighted by atomic mass is 9.88. The number of anilines is 1. The number of aryl methyl sites for hydroxylation is 1. The van der Waals surface area contributed by atoms with Crippen LogP contribution in [0.3, 0.4) is 0 Å². The number of rotatable bonds is 5. The van der Waals surface area contributed by atoms with Crippen molar-refractivity contribution in [2.24, 2.45) is 5.92 Å². The van der Waals surface area contributed by atoms with E-state index in [1.54, 1.807) is 6.07 Å². The summed E-state index contributed by atoms with van der Waals surface area (Å²) in [4.78, 5) is 31.7. The lowest BCUT2D eigenvalue weighted by Gasteiger charge is -2.32. The van der Waals surface area contributed by atoms with Crippen molar-refractivity contribution in [3.05, 3.63) is 70.4 Å². The Morgan fingerprint density at radius 2 is 2.03 bits per heavy atom. The fourth-order valence-corrected chi connectivity index (χ4v) is 4.58. The van der Waals surface area contributed by atoms with Crippen molar-refractivity contribution in [3.63, 3.8) is 0 Å². The summed E-state index contributed by atoms with van der Waals surface area (Å²) in [5, 5.41) is 4.43. The largest absolute Gasteiger partial charge is 0.326 e. The number of pyridine rings is 1. The zero-order valence-electron chi connectivity index (χ0n) is 17.8. The summed E-state index contributed by atoms with van der Waals surface area (Å²) in [5.74, 6) is 0.0854. The molecule has 3 aromatic rings. The Morgan fingerprint density at radius 1 is 1.19 bits per heavy atom. The number of nitrogens with one attached hydrogen (secondary N) is 1. The van der Waals surface area contributed by atoms with Gasteiger partial charge in [0.25, 0.3) is 0 Å². The molecule has 31 heavy (non-hydrogen) atoms. The second-order valence-corrected chi connectivity index (χ2v) is 8.69. The molecular weight excluding hydrogens is 410 g/mol. The van der Waals surface area contributed by atoms with Crippen LogP contribution in [0, 0.1) is 12.8 Å². The van der Waals surface area contributed by atoms with Crippen LogP contribution in [0.25, 0.3) is 10.9 Å². The summed E-state index contributed by atoms with van der Waals surface area (Å²) in [7, 11) is 0. The van der Waals surface area contributed by atoms with E-state index >= 15 is 0 Å². The smallest absolute Gasteiger partial charge is 0.221 e. The first-order valence-electron chi connectivity index (χ1n) is 10.6. The van der Waals surface area contributed by atoms with Gasteiger partial charge in [0.1, 0.15) is 0 Å². The van der Waals surface area contributed by atoms with Crippen LogP contribution in [0.2, 0.25) is 5.02 Å². The number of amides is 1. The van der Waals surface area contributed by atoms with Crippen LogP contribution in [-0.2, 0) is 11.3 Å². The van der Waals surface area contributed by atoms with Gasteiger partial charge in [-0.3, -0.25) is 19.5 Å². The molecule has 5 nitrogen and oxygen atoms in total. The summed E-state index contributed by atoms with van der Waals surface area (Å²) >= 11 is 6.05. The summed E-state index contributed by atoms with van der Waals surface area (Å²) in [6, 6.07) is 15.2. The van der Waals surface area contributed by atoms with E-state index in [9.17, 15) is 9.59 Å². The average molecular weight is 436 g/mol. The number of carbonyl (C=O) groups is 2. The third-order valence-corrected chi connectivity index (χ3v) is 6.05. The minimum atomic E-state index is -0.100. The van der Waals surface area contributed by atoms with E-state index < -0.39 is 0 Å². The maximum atomic E-state index is 13.1. The van der Waals surface area contributed by atoms with Crippen LogP contribution in [0.15, 0.2) is 48.5 Å². The molecule has 0 saturated carbocycles. The fraction of sp³-hybridized carbons (Fsp3) is 0.320. The standard InChI is InChI=1S/C25H26ClN3O2/c1-16-13-19(26)8-10-21(16)25(31)18-5-4-12-29(14-18)15-20-9-11-22-23(27-17(2)30)6-3-7-24(22)28-20/h3,6-11,13,18H,4-5,12,14-15H2,1-2H3,(H,27,30). The van der Waals surface area contributed by atoms with Crippen molar-refractivity contribution < 1.29 is 9.59 Å². The first-order valence-corrected chi connectivity index (χ1v) is 11.0. The molecule has 1 unspecified atom stereocenters. The number of carbonyl (C=O) groups excluding carboxylic acids is 2. The maximum Gasteiger partial charge on any atom is 0.221 e. The van der Waals surface area contributed by atoms with Crippen molar-refractivity contribution in [1.29, 1.82) is 0 Å². The summed E-state index contributed by atoms with van der Waals surface area (Å²) < 4.78 is 0. The van der Waals surface area contributed by atoms with E-state index in [0.29, 0.717) is 11.6 Å². The van der Waals surface area contributed by atoms with Crippen molar-refractivity contribution in [1.82, 2.24) is 9.88 Å². The molecule has 2 aromatic carbocycles. The normalized spacial score (nSPS) is 16.9. The molecule has 1 saturated heterocycles. The van der Waals surface area contributed by atoms with Gasteiger partial charge in [0.2, 0.25) is 5.91 Å². The molecule has 1 aliphatic heterocycles. The van der Waals surface area contributed by atoms with Crippen LogP contribution in [0.1, 0.15) is 41.4 Å². The summed E-state index contributed by atoms with van der Waals surface area (Å²) in [5.41, 5.74) is 4.28. The molecule has 4 rings (SSSR count). The van der Waals surface area contributed by atoms with Crippen LogP contribution < -0.4 is 5.32 Å². The van der Waals surface area contributed by atoms with Gasteiger partial charge in [0.05, 0.1) is 16.9 Å². The third-order valence-electron chi connectivity index (χ3n) is 5.82. The summed E-state index contributed by atoms with van der Waals surface area (Å²) in [6.07, 6.45) is 1.89. The molecule has 1 atom stereocenters. The van der Waals surface area contributed by atoms with E-state index in [-0.39, 0.29) is 17.6 Å². The van der Waals surface area contributed by atoms with Gasteiger partial charge in [-0.25, -0.2) is 0 Å². The molecule has 0 spiro atoms. The molecule has 0 radical (unpaired) electrons. The van der Waals surface area contributed by atoms with Gasteiger partial charge >= 0.3 is 0 Å². The molecule has 1 aliphatic rings. The van der Waals surface area contributed by atoms with Gasteiger partial charge in [-0.15, -0.1) is 0 Å². The number of hydrogen-bond donors (Lipinski definition) is 1. The number of likely N-dealkylation sites (tertiary alicyclic amines) is 1. The summed E-state index contributed by atoms with van der Waals surface area (Å²) in [6.45, 7) is 5.82. The van der Waals surface area contributed by atoms with E-state index in [4.69, 9.17) is 16.6 Å². The monoisotopic (exact) mass is 435 g/mol. The fourth-order valence-electron chi connectivity index (χ4n) is 4.35. The van der Waals surface area contributed by atoms with Gasteiger partial charge in [0, 0.05) is 41.9 Å². The lowest BCUT2D eigenvalue weighted by Crippen LogP contribution is -2.38. The second kappa shape index (κ2) is 9.16. The van der Waals surface area contributed by atoms with Gasteiger partial charge < -0.3 is 5.32 Å². The molecular formula is C25H26ClN3O2. The molecule has 1 aromatic heterocycles. The number of benzene rings is 2. The van der Waals surface area contributed by atoms with Gasteiger partial charge in [-0.05, 0) is 74.3 Å². The highest BCUT2D eigenvalue weighted by Crippen LogP contribution is 2.26.